The number of anilines is 1. The van der Waals surface area contributed by atoms with Crippen molar-refractivity contribution in [1.29, 1.82) is 0 Å². The lowest BCUT2D eigenvalue weighted by Gasteiger charge is -2.18. The molecule has 2 rings (SSSR count). The second-order valence-electron chi connectivity index (χ2n) is 4.31. The fourth-order valence-electron chi connectivity index (χ4n) is 1.36. The molecule has 0 aliphatic carbocycles. The highest BCUT2D eigenvalue weighted by Gasteiger charge is 2.22. The lowest BCUT2D eigenvalue weighted by atomic mass is 10.1. The molecule has 0 fully saturated rings. The summed E-state index contributed by atoms with van der Waals surface area (Å²) in [7, 11) is 0. The molecule has 0 unspecified atom stereocenters. The maximum absolute atomic E-state index is 11.7. The van der Waals surface area contributed by atoms with Crippen molar-refractivity contribution < 1.29 is 4.79 Å². The Morgan fingerprint density at radius 2 is 2.25 bits per heavy atom. The number of benzene rings is 1. The second-order valence-corrected chi connectivity index (χ2v) is 4.31. The van der Waals surface area contributed by atoms with E-state index in [1.165, 1.54) is 0 Å². The Morgan fingerprint density at radius 1 is 1.50 bits per heavy atom. The first-order valence-electron chi connectivity index (χ1n) is 5.01. The first-order chi connectivity index (χ1) is 7.48. The third-order valence-electron chi connectivity index (χ3n) is 2.32. The van der Waals surface area contributed by atoms with E-state index in [2.05, 4.69) is 15.5 Å². The SMILES string of the molecule is CC(C)(N)C(=O)Nc1cccc2[nH]ncc12. The van der Waals surface area contributed by atoms with Crippen LogP contribution in [0.1, 0.15) is 13.8 Å². The molecule has 84 valence electrons. The van der Waals surface area contributed by atoms with Gasteiger partial charge in [-0.05, 0) is 26.0 Å². The van der Waals surface area contributed by atoms with E-state index < -0.39 is 5.54 Å². The number of nitrogens with two attached hydrogens (primary N) is 1. The van der Waals surface area contributed by atoms with Crippen molar-refractivity contribution in [3.8, 4) is 0 Å². The Labute approximate surface area is 93.0 Å². The predicted octanol–water partition coefficient (Wildman–Crippen LogP) is 1.24. The number of amides is 1. The van der Waals surface area contributed by atoms with Gasteiger partial charge in [-0.15, -0.1) is 0 Å². The minimum atomic E-state index is -0.897. The first kappa shape index (κ1) is 10.6. The number of nitrogens with one attached hydrogen (secondary N) is 2. The highest BCUT2D eigenvalue weighted by atomic mass is 16.2. The molecule has 1 aromatic carbocycles. The summed E-state index contributed by atoms with van der Waals surface area (Å²) in [5.74, 6) is -0.221. The van der Waals surface area contributed by atoms with Gasteiger partial charge in [0.2, 0.25) is 5.91 Å². The standard InChI is InChI=1S/C11H14N4O/c1-11(2,12)10(16)14-8-4-3-5-9-7(8)6-13-15-9/h3-6H,12H2,1-2H3,(H,13,15)(H,14,16). The van der Waals surface area contributed by atoms with Crippen LogP contribution in [0.5, 0.6) is 0 Å². The van der Waals surface area contributed by atoms with E-state index in [-0.39, 0.29) is 5.91 Å². The van der Waals surface area contributed by atoms with E-state index >= 15 is 0 Å². The summed E-state index contributed by atoms with van der Waals surface area (Å²) in [5.41, 5.74) is 6.41. The predicted molar refractivity (Wildman–Crippen MR) is 63.0 cm³/mol. The zero-order chi connectivity index (χ0) is 11.8. The average molecular weight is 218 g/mol. The maximum atomic E-state index is 11.7. The number of hydrogen-bond acceptors (Lipinski definition) is 3. The second kappa shape index (κ2) is 3.61. The van der Waals surface area contributed by atoms with Crippen molar-refractivity contribution in [2.75, 3.05) is 5.32 Å². The van der Waals surface area contributed by atoms with Gasteiger partial charge in [-0.2, -0.15) is 5.10 Å². The summed E-state index contributed by atoms with van der Waals surface area (Å²) < 4.78 is 0. The van der Waals surface area contributed by atoms with E-state index in [0.29, 0.717) is 0 Å². The van der Waals surface area contributed by atoms with Gasteiger partial charge in [0.25, 0.3) is 0 Å². The number of nitrogens with zero attached hydrogens (tertiary/aromatic N) is 1. The van der Waals surface area contributed by atoms with E-state index in [4.69, 9.17) is 5.73 Å². The number of carbonyl (C=O) groups is 1. The molecule has 0 aliphatic heterocycles. The minimum absolute atomic E-state index is 0.221. The molecule has 5 nitrogen and oxygen atoms in total. The van der Waals surface area contributed by atoms with Gasteiger partial charge < -0.3 is 11.1 Å². The summed E-state index contributed by atoms with van der Waals surface area (Å²) in [5, 5.41) is 10.4. The molecule has 0 saturated carbocycles. The van der Waals surface area contributed by atoms with Gasteiger partial charge in [0.1, 0.15) is 0 Å². The number of carbonyl (C=O) groups excluding carboxylic acids is 1. The highest BCUT2D eigenvalue weighted by Crippen LogP contribution is 2.21. The van der Waals surface area contributed by atoms with E-state index in [0.717, 1.165) is 16.6 Å². The zero-order valence-corrected chi connectivity index (χ0v) is 9.24. The maximum Gasteiger partial charge on any atom is 0.243 e. The van der Waals surface area contributed by atoms with Gasteiger partial charge in [-0.3, -0.25) is 9.89 Å². The van der Waals surface area contributed by atoms with E-state index in [1.54, 1.807) is 20.0 Å². The summed E-state index contributed by atoms with van der Waals surface area (Å²) in [6, 6.07) is 5.56. The monoisotopic (exact) mass is 218 g/mol. The Balaban J connectivity index is 2.35. The molecule has 1 aromatic heterocycles. The fourth-order valence-corrected chi connectivity index (χ4v) is 1.36. The molecule has 0 spiro atoms. The van der Waals surface area contributed by atoms with Gasteiger partial charge in [0.05, 0.1) is 22.9 Å². The van der Waals surface area contributed by atoms with Crippen LogP contribution in [-0.2, 0) is 4.79 Å². The van der Waals surface area contributed by atoms with Crippen molar-refractivity contribution in [2.24, 2.45) is 5.73 Å². The molecule has 1 amide bonds. The largest absolute Gasteiger partial charge is 0.324 e. The number of rotatable bonds is 2. The van der Waals surface area contributed by atoms with Gasteiger partial charge in [0.15, 0.2) is 0 Å². The van der Waals surface area contributed by atoms with Crippen LogP contribution in [0.25, 0.3) is 10.9 Å². The van der Waals surface area contributed by atoms with Crippen LogP contribution in [0.3, 0.4) is 0 Å². The van der Waals surface area contributed by atoms with E-state index in [1.807, 2.05) is 18.2 Å². The lowest BCUT2D eigenvalue weighted by molar-refractivity contribution is -0.120. The molecule has 0 atom stereocenters. The molecule has 0 bridgehead atoms. The third kappa shape index (κ3) is 1.90. The molecular formula is C11H14N4O. The normalized spacial score (nSPS) is 11.7. The average Bonchev–Trinajstić information content (AvgIpc) is 2.65. The molecule has 1 heterocycles. The molecule has 0 aliphatic rings. The quantitative estimate of drug-likeness (QED) is 0.709. The molecule has 5 heteroatoms. The molecular weight excluding hydrogens is 204 g/mol. The molecule has 16 heavy (non-hydrogen) atoms. The number of aromatic nitrogens is 2. The lowest BCUT2D eigenvalue weighted by Crippen LogP contribution is -2.45. The van der Waals surface area contributed by atoms with Crippen LogP contribution in [0, 0.1) is 0 Å². The Kier molecular flexibility index (Phi) is 2.40. The highest BCUT2D eigenvalue weighted by molar-refractivity contribution is 6.04. The van der Waals surface area contributed by atoms with Gasteiger partial charge in [0, 0.05) is 5.39 Å². The summed E-state index contributed by atoms with van der Waals surface area (Å²) in [4.78, 5) is 11.7. The summed E-state index contributed by atoms with van der Waals surface area (Å²) in [6.45, 7) is 3.33. The van der Waals surface area contributed by atoms with Crippen LogP contribution in [-0.4, -0.2) is 21.6 Å². The van der Waals surface area contributed by atoms with E-state index in [9.17, 15) is 4.79 Å². The van der Waals surface area contributed by atoms with Gasteiger partial charge in [-0.25, -0.2) is 0 Å². The molecule has 2 aromatic rings. The smallest absolute Gasteiger partial charge is 0.243 e. The third-order valence-corrected chi connectivity index (χ3v) is 2.32. The van der Waals surface area contributed by atoms with Crippen LogP contribution in [0.4, 0.5) is 5.69 Å². The number of H-pyrrole nitrogens is 1. The number of aromatic amines is 1. The zero-order valence-electron chi connectivity index (χ0n) is 9.24. The number of hydrogen-bond donors (Lipinski definition) is 3. The van der Waals surface area contributed by atoms with Gasteiger partial charge in [-0.1, -0.05) is 6.07 Å². The van der Waals surface area contributed by atoms with Crippen LogP contribution in [0.2, 0.25) is 0 Å². The van der Waals surface area contributed by atoms with Crippen molar-refractivity contribution >= 4 is 22.5 Å². The molecule has 0 saturated heterocycles. The molecule has 0 radical (unpaired) electrons. The summed E-state index contributed by atoms with van der Waals surface area (Å²) >= 11 is 0. The Hall–Kier alpha value is -1.88. The van der Waals surface area contributed by atoms with Crippen LogP contribution < -0.4 is 11.1 Å². The van der Waals surface area contributed by atoms with Crippen LogP contribution in [0.15, 0.2) is 24.4 Å². The Morgan fingerprint density at radius 3 is 2.94 bits per heavy atom. The topological polar surface area (TPSA) is 83.8 Å². The van der Waals surface area contributed by atoms with Crippen molar-refractivity contribution in [3.63, 3.8) is 0 Å². The molecule has 4 N–H and O–H groups in total. The minimum Gasteiger partial charge on any atom is -0.324 e. The number of fused-ring (bicyclic) bond motifs is 1. The fraction of sp³-hybridized carbons (Fsp3) is 0.273. The van der Waals surface area contributed by atoms with Crippen LogP contribution >= 0.6 is 0 Å². The van der Waals surface area contributed by atoms with Crippen molar-refractivity contribution in [3.05, 3.63) is 24.4 Å². The Bertz CT molecular complexity index is 524. The first-order valence-corrected chi connectivity index (χ1v) is 5.01. The summed E-state index contributed by atoms with van der Waals surface area (Å²) in [6.07, 6.45) is 1.68. The van der Waals surface area contributed by atoms with Crippen molar-refractivity contribution in [1.82, 2.24) is 10.2 Å². The van der Waals surface area contributed by atoms with Gasteiger partial charge >= 0.3 is 0 Å². The van der Waals surface area contributed by atoms with Crippen molar-refractivity contribution in [2.45, 2.75) is 19.4 Å².